The molecule has 0 bridgehead atoms. The highest BCUT2D eigenvalue weighted by molar-refractivity contribution is 6.31. The normalized spacial score (nSPS) is 12.7. The quantitative estimate of drug-likeness (QED) is 0.120. The van der Waals surface area contributed by atoms with E-state index in [2.05, 4.69) is 10.0 Å². The van der Waals surface area contributed by atoms with E-state index in [0.717, 1.165) is 11.1 Å². The third-order valence-corrected chi connectivity index (χ3v) is 6.89. The first-order valence-electron chi connectivity index (χ1n) is 13.0. The Morgan fingerprint density at radius 3 is 2.48 bits per heavy atom. The van der Waals surface area contributed by atoms with Crippen LogP contribution in [0.4, 0.5) is 4.39 Å². The molecule has 0 aliphatic rings. The summed E-state index contributed by atoms with van der Waals surface area (Å²) in [6, 6.07) is 20.5. The molecule has 2 unspecified atom stereocenters. The molecule has 40 heavy (non-hydrogen) atoms. The number of amides is 1. The van der Waals surface area contributed by atoms with Gasteiger partial charge < -0.3 is 4.90 Å². The average Bonchev–Trinajstić information content (AvgIpc) is 2.93. The zero-order chi connectivity index (χ0) is 28.8. The van der Waals surface area contributed by atoms with Gasteiger partial charge in [-0.2, -0.15) is 0 Å². The molecule has 1 heterocycles. The first kappa shape index (κ1) is 28.8. The number of nitrogens with zero attached hydrogens (tertiary/aromatic N) is 6. The van der Waals surface area contributed by atoms with Gasteiger partial charge in [0.1, 0.15) is 12.0 Å². The van der Waals surface area contributed by atoms with Gasteiger partial charge >= 0.3 is 0 Å². The van der Waals surface area contributed by atoms with Crippen molar-refractivity contribution in [2.75, 3.05) is 13.1 Å². The summed E-state index contributed by atoms with van der Waals surface area (Å²) in [7, 11) is 0. The van der Waals surface area contributed by atoms with Crippen molar-refractivity contribution in [1.29, 1.82) is 0 Å². The molecule has 0 fully saturated rings. The second kappa shape index (κ2) is 12.8. The van der Waals surface area contributed by atoms with Gasteiger partial charge in [-0.1, -0.05) is 78.6 Å². The van der Waals surface area contributed by atoms with Gasteiger partial charge in [0.05, 0.1) is 36.6 Å². The molecule has 10 heteroatoms. The molecular weight excluding hydrogens is 531 g/mol. The summed E-state index contributed by atoms with van der Waals surface area (Å²) in [5, 5.41) is 4.16. The second-order valence-electron chi connectivity index (χ2n) is 10.0. The third kappa shape index (κ3) is 6.50. The van der Waals surface area contributed by atoms with Crippen molar-refractivity contribution in [2.24, 2.45) is 11.0 Å². The Bertz CT molecular complexity index is 1600. The van der Waals surface area contributed by atoms with Gasteiger partial charge in [-0.25, -0.2) is 9.37 Å². The minimum absolute atomic E-state index is 0.203. The summed E-state index contributed by atoms with van der Waals surface area (Å²) in [4.78, 5) is 36.8. The maximum atomic E-state index is 15.2. The minimum atomic E-state index is -1.63. The van der Waals surface area contributed by atoms with Crippen molar-refractivity contribution < 1.29 is 9.18 Å². The molecule has 2 atom stereocenters. The molecule has 3 aromatic carbocycles. The number of aryl methyl sites for hydroxylation is 1. The summed E-state index contributed by atoms with van der Waals surface area (Å²) in [6.45, 7) is 5.10. The fourth-order valence-corrected chi connectivity index (χ4v) is 4.90. The summed E-state index contributed by atoms with van der Waals surface area (Å²) in [5.74, 6) is -0.379. The van der Waals surface area contributed by atoms with E-state index >= 15 is 4.39 Å². The Morgan fingerprint density at radius 1 is 1.12 bits per heavy atom. The number of carbonyl (C=O) groups excluding carboxylic acids is 1. The molecule has 0 spiro atoms. The van der Waals surface area contributed by atoms with Crippen LogP contribution in [0, 0.1) is 12.8 Å². The van der Waals surface area contributed by atoms with Crippen LogP contribution in [0.15, 0.2) is 82.7 Å². The van der Waals surface area contributed by atoms with Gasteiger partial charge in [0.2, 0.25) is 0 Å². The van der Waals surface area contributed by atoms with E-state index in [0.29, 0.717) is 27.3 Å². The maximum absolute atomic E-state index is 15.2. The lowest BCUT2D eigenvalue weighted by atomic mass is 9.98. The van der Waals surface area contributed by atoms with Gasteiger partial charge in [-0.05, 0) is 54.3 Å². The highest BCUT2D eigenvalue weighted by atomic mass is 35.5. The van der Waals surface area contributed by atoms with Gasteiger partial charge in [0.25, 0.3) is 11.5 Å². The third-order valence-electron chi connectivity index (χ3n) is 6.66. The summed E-state index contributed by atoms with van der Waals surface area (Å²) in [6.07, 6.45) is -1.63. The number of rotatable bonds is 10. The number of halogens is 2. The highest BCUT2D eigenvalue weighted by Crippen LogP contribution is 2.31. The monoisotopic (exact) mass is 560 g/mol. The van der Waals surface area contributed by atoms with Gasteiger partial charge in [-0.15, -0.1) is 0 Å². The minimum Gasteiger partial charge on any atom is -0.325 e. The fraction of sp³-hybridized carbons (Fsp3) is 0.300. The van der Waals surface area contributed by atoms with E-state index in [4.69, 9.17) is 22.1 Å². The number of azide groups is 1. The van der Waals surface area contributed by atoms with Crippen LogP contribution in [0.3, 0.4) is 0 Å². The smallest absolute Gasteiger partial charge is 0.261 e. The number of hydrogen-bond donors (Lipinski definition) is 0. The number of hydrogen-bond acceptors (Lipinski definition) is 4. The first-order chi connectivity index (χ1) is 19.2. The molecule has 4 aromatic rings. The SMILES string of the molecule is Cc1ccc(C(=O)N(CC(F)CN=[N+]=[N-])C(c2nc3cc(Cl)ccc3c(=O)n2Cc2ccccc2)C(C)C)cc1. The number of fused-ring (bicyclic) bond motifs is 1. The molecule has 0 N–H and O–H groups in total. The van der Waals surface area contributed by atoms with Crippen LogP contribution in [-0.4, -0.2) is 39.6 Å². The van der Waals surface area contributed by atoms with Crippen molar-refractivity contribution in [3.8, 4) is 0 Å². The lowest BCUT2D eigenvalue weighted by Gasteiger charge is -2.36. The molecule has 0 saturated heterocycles. The zero-order valence-corrected chi connectivity index (χ0v) is 23.3. The summed E-state index contributed by atoms with van der Waals surface area (Å²) in [5.41, 5.74) is 11.0. The first-order valence-corrected chi connectivity index (χ1v) is 13.3. The van der Waals surface area contributed by atoms with E-state index in [-0.39, 0.29) is 24.6 Å². The molecule has 0 aliphatic heterocycles. The maximum Gasteiger partial charge on any atom is 0.261 e. The second-order valence-corrected chi connectivity index (χ2v) is 10.5. The lowest BCUT2D eigenvalue weighted by molar-refractivity contribution is 0.0534. The molecule has 0 aliphatic carbocycles. The van der Waals surface area contributed by atoms with E-state index in [1.54, 1.807) is 34.9 Å². The van der Waals surface area contributed by atoms with Crippen molar-refractivity contribution in [3.05, 3.63) is 121 Å². The largest absolute Gasteiger partial charge is 0.325 e. The Labute approximate surface area is 236 Å². The van der Waals surface area contributed by atoms with Crippen molar-refractivity contribution in [1.82, 2.24) is 14.5 Å². The molecule has 4 rings (SSSR count). The van der Waals surface area contributed by atoms with Crippen LogP contribution in [0.25, 0.3) is 21.3 Å². The number of alkyl halides is 1. The van der Waals surface area contributed by atoms with Crippen molar-refractivity contribution in [3.63, 3.8) is 0 Å². The topological polar surface area (TPSA) is 104 Å². The zero-order valence-electron chi connectivity index (χ0n) is 22.5. The molecule has 0 radical (unpaired) electrons. The Balaban J connectivity index is 1.94. The predicted octanol–water partition coefficient (Wildman–Crippen LogP) is 6.89. The number of aromatic nitrogens is 2. The van der Waals surface area contributed by atoms with Crippen molar-refractivity contribution >= 4 is 28.4 Å². The fourth-order valence-electron chi connectivity index (χ4n) is 4.73. The summed E-state index contributed by atoms with van der Waals surface area (Å²) >= 11 is 6.26. The van der Waals surface area contributed by atoms with Crippen LogP contribution < -0.4 is 5.56 Å². The van der Waals surface area contributed by atoms with Crippen molar-refractivity contribution in [2.45, 2.75) is 39.5 Å². The predicted molar refractivity (Wildman–Crippen MR) is 155 cm³/mol. The van der Waals surface area contributed by atoms with Gasteiger partial charge in [-0.3, -0.25) is 14.2 Å². The van der Waals surface area contributed by atoms with Crippen LogP contribution in [0.2, 0.25) is 5.02 Å². The highest BCUT2D eigenvalue weighted by Gasteiger charge is 2.34. The van der Waals surface area contributed by atoms with E-state index in [1.165, 1.54) is 4.90 Å². The Kier molecular flexibility index (Phi) is 9.19. The van der Waals surface area contributed by atoms with E-state index in [1.807, 2.05) is 63.2 Å². The van der Waals surface area contributed by atoms with Crippen LogP contribution in [-0.2, 0) is 6.54 Å². The number of carbonyl (C=O) groups is 1. The molecule has 206 valence electrons. The van der Waals surface area contributed by atoms with E-state index in [9.17, 15) is 9.59 Å². The van der Waals surface area contributed by atoms with E-state index < -0.39 is 24.7 Å². The molecule has 1 aromatic heterocycles. The molecular formula is C30H30ClFN6O2. The van der Waals surface area contributed by atoms with Crippen LogP contribution in [0.1, 0.15) is 47.2 Å². The number of benzene rings is 3. The van der Waals surface area contributed by atoms with Gasteiger partial charge in [0.15, 0.2) is 0 Å². The van der Waals surface area contributed by atoms with Crippen LogP contribution in [0.5, 0.6) is 0 Å². The van der Waals surface area contributed by atoms with Gasteiger partial charge in [0, 0.05) is 15.5 Å². The Hall–Kier alpha value is -4.20. The Morgan fingerprint density at radius 2 is 1.82 bits per heavy atom. The molecule has 0 saturated carbocycles. The molecule has 1 amide bonds. The lowest BCUT2D eigenvalue weighted by Crippen LogP contribution is -2.44. The molecule has 8 nitrogen and oxygen atoms in total. The van der Waals surface area contributed by atoms with Crippen LogP contribution >= 0.6 is 11.6 Å². The summed E-state index contributed by atoms with van der Waals surface area (Å²) < 4.78 is 16.7. The standard InChI is InChI=1S/C30H30ClFN6O2/c1-19(2)27(37(18-24(32)16-34-36-33)29(39)22-11-9-20(3)10-12-22)28-35-26-15-23(31)13-14-25(26)30(40)38(28)17-21-7-5-4-6-8-21/h4-15,19,24,27H,16-18H2,1-3H3. The average molecular weight is 561 g/mol.